The predicted molar refractivity (Wildman–Crippen MR) is 138 cm³/mol. The maximum Gasteiger partial charge on any atom is 0.332 e. The molecule has 3 aromatic carbocycles. The van der Waals surface area contributed by atoms with Gasteiger partial charge in [0.25, 0.3) is 11.8 Å². The number of halogens is 1. The van der Waals surface area contributed by atoms with Crippen molar-refractivity contribution < 1.29 is 14.4 Å². The van der Waals surface area contributed by atoms with Gasteiger partial charge in [-0.05, 0) is 54.8 Å². The van der Waals surface area contributed by atoms with E-state index < -0.39 is 5.54 Å². The third-order valence-corrected chi connectivity index (χ3v) is 7.60. The lowest BCUT2D eigenvalue weighted by Crippen LogP contribution is -2.49. The summed E-state index contributed by atoms with van der Waals surface area (Å²) in [6.45, 7) is 2.49. The Morgan fingerprint density at radius 1 is 1.06 bits per heavy atom. The lowest BCUT2D eigenvalue weighted by atomic mass is 9.87. The molecule has 3 heterocycles. The molecule has 0 aliphatic carbocycles. The van der Waals surface area contributed by atoms with Crippen molar-refractivity contribution in [2.75, 3.05) is 11.4 Å². The molecule has 1 saturated heterocycles. The van der Waals surface area contributed by atoms with Crippen molar-refractivity contribution in [2.45, 2.75) is 25.4 Å². The minimum absolute atomic E-state index is 0.263. The van der Waals surface area contributed by atoms with E-state index >= 15 is 0 Å². The van der Waals surface area contributed by atoms with Gasteiger partial charge in [0.15, 0.2) is 5.54 Å². The van der Waals surface area contributed by atoms with Crippen LogP contribution in [-0.4, -0.2) is 34.3 Å². The molecule has 6 rings (SSSR count). The Labute approximate surface area is 212 Å². The molecule has 36 heavy (non-hydrogen) atoms. The van der Waals surface area contributed by atoms with Crippen molar-refractivity contribution in [1.82, 2.24) is 15.2 Å². The molecule has 2 aliphatic heterocycles. The van der Waals surface area contributed by atoms with Crippen LogP contribution in [0.15, 0.2) is 72.8 Å². The van der Waals surface area contributed by atoms with Crippen molar-refractivity contribution in [3.05, 3.63) is 100 Å². The second-order valence-corrected chi connectivity index (χ2v) is 9.65. The molecule has 4 aromatic rings. The highest BCUT2D eigenvalue weighted by Gasteiger charge is 2.59. The summed E-state index contributed by atoms with van der Waals surface area (Å²) in [4.78, 5) is 46.5. The van der Waals surface area contributed by atoms with Gasteiger partial charge in [-0.3, -0.25) is 9.59 Å². The van der Waals surface area contributed by atoms with Crippen LogP contribution in [0.2, 0.25) is 5.02 Å². The van der Waals surface area contributed by atoms with Gasteiger partial charge in [-0.1, -0.05) is 54.1 Å². The average Bonchev–Trinajstić information content (AvgIpc) is 3.37. The molecule has 180 valence electrons. The number of aromatic nitrogens is 1. The second-order valence-electron chi connectivity index (χ2n) is 9.25. The molecule has 0 unspecified atom stereocenters. The van der Waals surface area contributed by atoms with Crippen molar-refractivity contribution in [1.29, 1.82) is 0 Å². The van der Waals surface area contributed by atoms with Crippen molar-refractivity contribution in [3.8, 4) is 0 Å². The van der Waals surface area contributed by atoms with E-state index in [-0.39, 0.29) is 24.4 Å². The van der Waals surface area contributed by atoms with Crippen molar-refractivity contribution >= 4 is 46.0 Å². The molecule has 2 N–H and O–H groups in total. The molecular formula is C28H23ClN4O3. The second kappa shape index (κ2) is 8.24. The summed E-state index contributed by atoms with van der Waals surface area (Å²) in [5, 5.41) is 4.50. The van der Waals surface area contributed by atoms with Crippen LogP contribution in [0, 0.1) is 0 Å². The van der Waals surface area contributed by atoms with Crippen molar-refractivity contribution in [2.24, 2.45) is 0 Å². The van der Waals surface area contributed by atoms with Crippen LogP contribution in [0.25, 0.3) is 10.9 Å². The molecule has 0 saturated carbocycles. The summed E-state index contributed by atoms with van der Waals surface area (Å²) in [5.41, 5.74) is 3.13. The highest BCUT2D eigenvalue weighted by Crippen LogP contribution is 2.45. The number of para-hydroxylation sites is 1. The molecule has 2 aliphatic rings. The van der Waals surface area contributed by atoms with Gasteiger partial charge in [0, 0.05) is 34.6 Å². The number of anilines is 1. The lowest BCUT2D eigenvalue weighted by Gasteiger charge is -2.35. The number of urea groups is 1. The van der Waals surface area contributed by atoms with Crippen molar-refractivity contribution in [3.63, 3.8) is 0 Å². The Hall–Kier alpha value is -4.10. The van der Waals surface area contributed by atoms with Gasteiger partial charge < -0.3 is 15.2 Å². The summed E-state index contributed by atoms with van der Waals surface area (Å²) in [7, 11) is 0. The Bertz CT molecular complexity index is 1560. The number of nitrogens with one attached hydrogen (secondary N) is 2. The number of rotatable bonds is 4. The zero-order valence-electron chi connectivity index (χ0n) is 19.5. The van der Waals surface area contributed by atoms with Gasteiger partial charge in [-0.25, -0.2) is 9.69 Å². The predicted octanol–water partition coefficient (Wildman–Crippen LogP) is 4.99. The van der Waals surface area contributed by atoms with Crippen LogP contribution in [0.3, 0.4) is 0 Å². The highest BCUT2D eigenvalue weighted by atomic mass is 35.5. The van der Waals surface area contributed by atoms with E-state index in [2.05, 4.69) is 10.3 Å². The average molecular weight is 499 g/mol. The Balaban J connectivity index is 1.31. The van der Waals surface area contributed by atoms with Crippen LogP contribution in [0.5, 0.6) is 0 Å². The SMILES string of the molecule is C[C@]12C(=O)N(c3cccc(C(=O)NCc4ccccc4Cl)c3)C(=O)N1CCc1c2[nH]c2ccccc12. The van der Waals surface area contributed by atoms with E-state index in [1.165, 1.54) is 4.90 Å². The molecule has 7 nitrogen and oxygen atoms in total. The van der Waals surface area contributed by atoms with Crippen LogP contribution in [0.4, 0.5) is 10.5 Å². The summed E-state index contributed by atoms with van der Waals surface area (Å²) >= 11 is 6.19. The fraction of sp³-hybridized carbons (Fsp3) is 0.179. The van der Waals surface area contributed by atoms with E-state index in [4.69, 9.17) is 11.6 Å². The summed E-state index contributed by atoms with van der Waals surface area (Å²) in [6, 6.07) is 21.4. The van der Waals surface area contributed by atoms with E-state index in [1.54, 1.807) is 42.2 Å². The van der Waals surface area contributed by atoms with E-state index in [0.717, 1.165) is 27.7 Å². The zero-order chi connectivity index (χ0) is 25.0. The first kappa shape index (κ1) is 22.4. The molecule has 1 aromatic heterocycles. The molecule has 8 heteroatoms. The number of aromatic amines is 1. The maximum absolute atomic E-state index is 13.9. The quantitative estimate of drug-likeness (QED) is 0.389. The number of fused-ring (bicyclic) bond motifs is 5. The van der Waals surface area contributed by atoms with Gasteiger partial charge in [0.2, 0.25) is 0 Å². The van der Waals surface area contributed by atoms with E-state index in [9.17, 15) is 14.4 Å². The summed E-state index contributed by atoms with van der Waals surface area (Å²) in [6.07, 6.45) is 0.659. The van der Waals surface area contributed by atoms with Crippen LogP contribution >= 0.6 is 11.6 Å². The fourth-order valence-corrected chi connectivity index (χ4v) is 5.53. The molecule has 0 spiro atoms. The number of imide groups is 1. The molecule has 4 amide bonds. The molecular weight excluding hydrogens is 476 g/mol. The minimum Gasteiger partial charge on any atom is -0.356 e. The number of carbonyl (C=O) groups is 3. The molecule has 0 radical (unpaired) electrons. The van der Waals surface area contributed by atoms with Gasteiger partial charge in [-0.15, -0.1) is 0 Å². The number of hydrogen-bond acceptors (Lipinski definition) is 3. The molecule has 1 atom stereocenters. The Kier molecular flexibility index (Phi) is 5.12. The largest absolute Gasteiger partial charge is 0.356 e. The maximum atomic E-state index is 13.9. The molecule has 0 bridgehead atoms. The zero-order valence-corrected chi connectivity index (χ0v) is 20.3. The number of hydrogen-bond donors (Lipinski definition) is 2. The molecule has 1 fully saturated rings. The lowest BCUT2D eigenvalue weighted by molar-refractivity contribution is -0.125. The standard InChI is InChI=1S/C28H23ClN4O3/c1-28-24-21(20-10-3-5-12-23(20)31-24)13-14-32(28)27(36)33(26(28)35)19-9-6-8-17(15-19)25(34)30-16-18-7-2-4-11-22(18)29/h2-12,15,31H,13-14,16H2,1H3,(H,30,34)/t28-/m0/s1. The summed E-state index contributed by atoms with van der Waals surface area (Å²) in [5.74, 6) is -0.661. The van der Waals surface area contributed by atoms with Crippen LogP contribution < -0.4 is 10.2 Å². The smallest absolute Gasteiger partial charge is 0.332 e. The topological polar surface area (TPSA) is 85.5 Å². The van der Waals surface area contributed by atoms with Crippen LogP contribution in [-0.2, 0) is 23.3 Å². The minimum atomic E-state index is -1.15. The van der Waals surface area contributed by atoms with Crippen LogP contribution in [0.1, 0.15) is 34.1 Å². The van der Waals surface area contributed by atoms with Gasteiger partial charge in [0.1, 0.15) is 0 Å². The Morgan fingerprint density at radius 2 is 1.83 bits per heavy atom. The number of amides is 4. The third kappa shape index (κ3) is 3.23. The Morgan fingerprint density at radius 3 is 2.67 bits per heavy atom. The van der Waals surface area contributed by atoms with Gasteiger partial charge in [-0.2, -0.15) is 0 Å². The van der Waals surface area contributed by atoms with E-state index in [1.807, 2.05) is 42.5 Å². The van der Waals surface area contributed by atoms with Gasteiger partial charge in [0.05, 0.1) is 11.4 Å². The first-order chi connectivity index (χ1) is 17.4. The highest BCUT2D eigenvalue weighted by molar-refractivity contribution is 6.31. The fourth-order valence-electron chi connectivity index (χ4n) is 5.33. The third-order valence-electron chi connectivity index (χ3n) is 7.23. The van der Waals surface area contributed by atoms with E-state index in [0.29, 0.717) is 29.2 Å². The summed E-state index contributed by atoms with van der Waals surface area (Å²) < 4.78 is 0. The monoisotopic (exact) mass is 498 g/mol. The number of nitrogens with zero attached hydrogens (tertiary/aromatic N) is 2. The van der Waals surface area contributed by atoms with Gasteiger partial charge >= 0.3 is 6.03 Å². The first-order valence-electron chi connectivity index (χ1n) is 11.8. The number of benzene rings is 3. The number of H-pyrrole nitrogens is 1. The first-order valence-corrected chi connectivity index (χ1v) is 12.2. The number of carbonyl (C=O) groups excluding carboxylic acids is 3. The normalized spacial score (nSPS) is 18.9.